The average Bonchev–Trinajstić information content (AvgIpc) is 2.50. The van der Waals surface area contributed by atoms with Crippen LogP contribution in [0.4, 0.5) is 4.79 Å². The van der Waals surface area contributed by atoms with Crippen LogP contribution in [0, 0.1) is 0 Å². The molecule has 0 unspecified atom stereocenters. The molecule has 1 heterocycles. The molecule has 5 heteroatoms. The van der Waals surface area contributed by atoms with Gasteiger partial charge in [0, 0.05) is 6.54 Å². The lowest BCUT2D eigenvalue weighted by Gasteiger charge is -2.19. The molecule has 5 nitrogen and oxygen atoms in total. The van der Waals surface area contributed by atoms with Crippen LogP contribution in [0.25, 0.3) is 0 Å². The Hall–Kier alpha value is -1.26. The molecule has 1 fully saturated rings. The number of hydrogen-bond donors (Lipinski definition) is 1. The predicted octanol–water partition coefficient (Wildman–Crippen LogP) is -0.298. The number of ether oxygens (including phenoxy) is 1. The second kappa shape index (κ2) is 3.42. The summed E-state index contributed by atoms with van der Waals surface area (Å²) in [5.41, 5.74) is 5.09. The minimum atomic E-state index is -0.476. The third kappa shape index (κ3) is 1.49. The SMILES string of the molecule is COC(=O)N1CCC[C@H]1C(N)=O. The van der Waals surface area contributed by atoms with Gasteiger partial charge in [0.15, 0.2) is 0 Å². The van der Waals surface area contributed by atoms with Gasteiger partial charge in [0.1, 0.15) is 6.04 Å². The summed E-state index contributed by atoms with van der Waals surface area (Å²) >= 11 is 0. The molecule has 1 aliphatic rings. The van der Waals surface area contributed by atoms with E-state index in [0.717, 1.165) is 6.42 Å². The highest BCUT2D eigenvalue weighted by molar-refractivity contribution is 5.84. The van der Waals surface area contributed by atoms with E-state index in [4.69, 9.17) is 5.73 Å². The van der Waals surface area contributed by atoms with Crippen LogP contribution < -0.4 is 5.73 Å². The summed E-state index contributed by atoms with van der Waals surface area (Å²) in [7, 11) is 1.29. The van der Waals surface area contributed by atoms with Crippen LogP contribution in [-0.4, -0.2) is 36.6 Å². The second-order valence-corrected chi connectivity index (χ2v) is 2.72. The first-order valence-electron chi connectivity index (χ1n) is 3.80. The Labute approximate surface area is 70.5 Å². The van der Waals surface area contributed by atoms with E-state index in [2.05, 4.69) is 4.74 Å². The molecule has 0 saturated carbocycles. The van der Waals surface area contributed by atoms with Gasteiger partial charge in [0.05, 0.1) is 7.11 Å². The number of likely N-dealkylation sites (tertiary alicyclic amines) is 1. The van der Waals surface area contributed by atoms with Crippen molar-refractivity contribution in [3.63, 3.8) is 0 Å². The van der Waals surface area contributed by atoms with Crippen LogP contribution in [0.2, 0.25) is 0 Å². The molecular formula is C7H12N2O3. The molecule has 0 aromatic heterocycles. The molecule has 2 N–H and O–H groups in total. The molecule has 2 amide bonds. The molecule has 1 rings (SSSR count). The summed E-state index contributed by atoms with van der Waals surface area (Å²) < 4.78 is 4.49. The number of nitrogens with two attached hydrogens (primary N) is 1. The first-order chi connectivity index (χ1) is 5.66. The summed E-state index contributed by atoms with van der Waals surface area (Å²) in [6.45, 7) is 0.556. The molecule has 0 aromatic carbocycles. The van der Waals surface area contributed by atoms with Gasteiger partial charge in [-0.1, -0.05) is 0 Å². The van der Waals surface area contributed by atoms with Gasteiger partial charge < -0.3 is 10.5 Å². The molecule has 0 aromatic rings. The fourth-order valence-electron chi connectivity index (χ4n) is 1.40. The van der Waals surface area contributed by atoms with Crippen LogP contribution in [0.1, 0.15) is 12.8 Å². The first kappa shape index (κ1) is 8.83. The third-order valence-corrected chi connectivity index (χ3v) is 1.99. The Morgan fingerprint density at radius 1 is 1.58 bits per heavy atom. The van der Waals surface area contributed by atoms with Gasteiger partial charge in [-0.2, -0.15) is 0 Å². The summed E-state index contributed by atoms with van der Waals surface area (Å²) in [4.78, 5) is 23.2. The van der Waals surface area contributed by atoms with Gasteiger partial charge in [-0.15, -0.1) is 0 Å². The van der Waals surface area contributed by atoms with Crippen molar-refractivity contribution in [3.8, 4) is 0 Å². The Morgan fingerprint density at radius 2 is 2.25 bits per heavy atom. The van der Waals surface area contributed by atoms with Crippen molar-refractivity contribution in [1.82, 2.24) is 4.90 Å². The van der Waals surface area contributed by atoms with E-state index in [1.54, 1.807) is 0 Å². The van der Waals surface area contributed by atoms with Crippen molar-refractivity contribution in [2.24, 2.45) is 5.73 Å². The van der Waals surface area contributed by atoms with Gasteiger partial charge in [-0.05, 0) is 12.8 Å². The van der Waals surface area contributed by atoms with Crippen LogP contribution in [0.5, 0.6) is 0 Å². The second-order valence-electron chi connectivity index (χ2n) is 2.72. The van der Waals surface area contributed by atoms with Gasteiger partial charge in [-0.3, -0.25) is 9.69 Å². The van der Waals surface area contributed by atoms with Crippen LogP contribution in [-0.2, 0) is 9.53 Å². The molecule has 1 aliphatic heterocycles. The Kier molecular flexibility index (Phi) is 2.52. The number of carbonyl (C=O) groups excluding carboxylic acids is 2. The number of rotatable bonds is 1. The minimum absolute atomic E-state index is 0.460. The largest absolute Gasteiger partial charge is 0.453 e. The Balaban J connectivity index is 2.63. The quantitative estimate of drug-likeness (QED) is 0.590. The molecule has 0 aliphatic carbocycles. The smallest absolute Gasteiger partial charge is 0.410 e. The van der Waals surface area contributed by atoms with Crippen LogP contribution >= 0.6 is 0 Å². The number of hydrogen-bond acceptors (Lipinski definition) is 3. The lowest BCUT2D eigenvalue weighted by Crippen LogP contribution is -2.43. The number of methoxy groups -OCH3 is 1. The standard InChI is InChI=1S/C7H12N2O3/c1-12-7(11)9-4-2-3-5(9)6(8)10/h5H,2-4H2,1H3,(H2,8,10)/t5-/m0/s1. The van der Waals surface area contributed by atoms with E-state index in [1.165, 1.54) is 12.0 Å². The molecule has 12 heavy (non-hydrogen) atoms. The lowest BCUT2D eigenvalue weighted by molar-refractivity contribution is -0.121. The van der Waals surface area contributed by atoms with Crippen molar-refractivity contribution in [3.05, 3.63) is 0 Å². The summed E-state index contributed by atoms with van der Waals surface area (Å²) in [6.07, 6.45) is 0.976. The van der Waals surface area contributed by atoms with Crippen molar-refractivity contribution in [1.29, 1.82) is 0 Å². The molecular weight excluding hydrogens is 160 g/mol. The highest BCUT2D eigenvalue weighted by Gasteiger charge is 2.32. The molecule has 0 spiro atoms. The lowest BCUT2D eigenvalue weighted by atomic mass is 10.2. The van der Waals surface area contributed by atoms with Gasteiger partial charge in [-0.25, -0.2) is 4.79 Å². The number of primary amides is 1. The summed E-state index contributed by atoms with van der Waals surface area (Å²) in [6, 6.07) is -0.475. The highest BCUT2D eigenvalue weighted by Crippen LogP contribution is 2.17. The van der Waals surface area contributed by atoms with Crippen molar-refractivity contribution in [2.45, 2.75) is 18.9 Å². The maximum atomic E-state index is 11.0. The highest BCUT2D eigenvalue weighted by atomic mass is 16.5. The van der Waals surface area contributed by atoms with E-state index in [-0.39, 0.29) is 0 Å². The van der Waals surface area contributed by atoms with Crippen molar-refractivity contribution in [2.75, 3.05) is 13.7 Å². The normalized spacial score (nSPS) is 22.4. The van der Waals surface area contributed by atoms with E-state index in [0.29, 0.717) is 13.0 Å². The van der Waals surface area contributed by atoms with E-state index < -0.39 is 18.0 Å². The van der Waals surface area contributed by atoms with Gasteiger partial charge >= 0.3 is 6.09 Å². The molecule has 1 atom stereocenters. The van der Waals surface area contributed by atoms with E-state index in [9.17, 15) is 9.59 Å². The number of carbonyl (C=O) groups is 2. The summed E-state index contributed by atoms with van der Waals surface area (Å²) in [5, 5.41) is 0. The van der Waals surface area contributed by atoms with Gasteiger partial charge in [0.2, 0.25) is 5.91 Å². The minimum Gasteiger partial charge on any atom is -0.453 e. The fraction of sp³-hybridized carbons (Fsp3) is 0.714. The maximum Gasteiger partial charge on any atom is 0.410 e. The van der Waals surface area contributed by atoms with Crippen LogP contribution in [0.3, 0.4) is 0 Å². The zero-order valence-electron chi connectivity index (χ0n) is 6.95. The fourth-order valence-corrected chi connectivity index (χ4v) is 1.40. The Bertz CT molecular complexity index is 205. The average molecular weight is 172 g/mol. The molecule has 0 radical (unpaired) electrons. The van der Waals surface area contributed by atoms with E-state index in [1.807, 2.05) is 0 Å². The predicted molar refractivity (Wildman–Crippen MR) is 41.3 cm³/mol. The maximum absolute atomic E-state index is 11.0. The Morgan fingerprint density at radius 3 is 2.75 bits per heavy atom. The monoisotopic (exact) mass is 172 g/mol. The topological polar surface area (TPSA) is 72.6 Å². The number of amides is 2. The molecule has 68 valence electrons. The van der Waals surface area contributed by atoms with Crippen molar-refractivity contribution < 1.29 is 14.3 Å². The van der Waals surface area contributed by atoms with Gasteiger partial charge in [0.25, 0.3) is 0 Å². The molecule has 0 bridgehead atoms. The first-order valence-corrected chi connectivity index (χ1v) is 3.80. The summed E-state index contributed by atoms with van der Waals surface area (Å²) in [5.74, 6) is -0.460. The third-order valence-electron chi connectivity index (χ3n) is 1.99. The van der Waals surface area contributed by atoms with Crippen LogP contribution in [0.15, 0.2) is 0 Å². The zero-order chi connectivity index (χ0) is 9.14. The number of nitrogens with zero attached hydrogens (tertiary/aromatic N) is 1. The zero-order valence-corrected chi connectivity index (χ0v) is 6.95. The van der Waals surface area contributed by atoms with E-state index >= 15 is 0 Å². The van der Waals surface area contributed by atoms with Crippen molar-refractivity contribution >= 4 is 12.0 Å². The molecule has 1 saturated heterocycles.